The van der Waals surface area contributed by atoms with E-state index < -0.39 is 11.7 Å². The van der Waals surface area contributed by atoms with E-state index in [2.05, 4.69) is 20.3 Å². The zero-order valence-electron chi connectivity index (χ0n) is 16.4. The van der Waals surface area contributed by atoms with Gasteiger partial charge >= 0.3 is 0 Å². The molecule has 152 valence electrons. The van der Waals surface area contributed by atoms with Crippen LogP contribution in [0.3, 0.4) is 0 Å². The summed E-state index contributed by atoms with van der Waals surface area (Å²) >= 11 is 0. The minimum Gasteiger partial charge on any atom is -0.496 e. The number of anilines is 1. The van der Waals surface area contributed by atoms with Crippen LogP contribution in [0.5, 0.6) is 11.5 Å². The van der Waals surface area contributed by atoms with Gasteiger partial charge < -0.3 is 19.8 Å². The summed E-state index contributed by atoms with van der Waals surface area (Å²) in [5.74, 6) is 0.668. The van der Waals surface area contributed by atoms with Crippen molar-refractivity contribution in [2.24, 2.45) is 0 Å². The Morgan fingerprint density at radius 2 is 1.97 bits per heavy atom. The molecule has 2 aromatic carbocycles. The molecule has 0 aliphatic rings. The van der Waals surface area contributed by atoms with Gasteiger partial charge in [0.15, 0.2) is 0 Å². The maximum Gasteiger partial charge on any atom is 0.276 e. The van der Waals surface area contributed by atoms with Gasteiger partial charge in [0.1, 0.15) is 28.8 Å². The summed E-state index contributed by atoms with van der Waals surface area (Å²) in [6.07, 6.45) is 2.95. The summed E-state index contributed by atoms with van der Waals surface area (Å²) in [5, 5.41) is 3.22. The molecule has 0 unspecified atom stereocenters. The first kappa shape index (κ1) is 19.4. The molecule has 0 radical (unpaired) electrons. The van der Waals surface area contributed by atoms with Crippen molar-refractivity contribution in [2.45, 2.75) is 6.92 Å². The number of ether oxygens (including phenoxy) is 2. The molecule has 2 aromatic heterocycles. The fraction of sp³-hybridized carbons (Fsp3) is 0.136. The number of halogens is 1. The molecule has 0 saturated heterocycles. The number of carbonyl (C=O) groups is 1. The van der Waals surface area contributed by atoms with Crippen LogP contribution in [-0.2, 0) is 0 Å². The molecule has 2 heterocycles. The predicted octanol–water partition coefficient (Wildman–Crippen LogP) is 4.42. The Morgan fingerprint density at radius 3 is 2.70 bits per heavy atom. The van der Waals surface area contributed by atoms with E-state index in [0.29, 0.717) is 29.3 Å². The number of rotatable bonds is 6. The number of amides is 1. The molecule has 8 heteroatoms. The number of aromatic nitrogens is 3. The van der Waals surface area contributed by atoms with Crippen molar-refractivity contribution in [1.29, 1.82) is 0 Å². The van der Waals surface area contributed by atoms with Gasteiger partial charge in [-0.05, 0) is 49.4 Å². The lowest BCUT2D eigenvalue weighted by molar-refractivity contribution is 0.102. The summed E-state index contributed by atoms with van der Waals surface area (Å²) in [6, 6.07) is 11.8. The third-order valence-electron chi connectivity index (χ3n) is 4.50. The van der Waals surface area contributed by atoms with E-state index in [1.165, 1.54) is 25.4 Å². The first-order valence-electron chi connectivity index (χ1n) is 9.31. The maximum absolute atomic E-state index is 14.1. The van der Waals surface area contributed by atoms with E-state index in [-0.39, 0.29) is 11.2 Å². The second kappa shape index (κ2) is 8.20. The van der Waals surface area contributed by atoms with Gasteiger partial charge in [-0.15, -0.1) is 0 Å². The molecule has 0 aliphatic heterocycles. The SMILES string of the molecule is CCOc1ccc(-c2cncc(C(=O)Nc3cc4c(OC)ccc(F)c4[nH]3)n2)cc1. The van der Waals surface area contributed by atoms with Crippen molar-refractivity contribution < 1.29 is 18.7 Å². The number of nitrogens with zero attached hydrogens (tertiary/aromatic N) is 2. The minimum absolute atomic E-state index is 0.132. The Balaban J connectivity index is 1.58. The second-order valence-corrected chi connectivity index (χ2v) is 6.42. The lowest BCUT2D eigenvalue weighted by atomic mass is 10.1. The zero-order chi connectivity index (χ0) is 21.1. The molecule has 4 rings (SSSR count). The molecule has 0 atom stereocenters. The largest absolute Gasteiger partial charge is 0.496 e. The monoisotopic (exact) mass is 406 g/mol. The molecule has 1 amide bonds. The fourth-order valence-electron chi connectivity index (χ4n) is 3.09. The number of benzene rings is 2. The number of hydrogen-bond donors (Lipinski definition) is 2. The van der Waals surface area contributed by atoms with E-state index in [1.807, 2.05) is 31.2 Å². The molecule has 0 fully saturated rings. The van der Waals surface area contributed by atoms with Crippen molar-refractivity contribution in [3.05, 3.63) is 66.4 Å². The summed E-state index contributed by atoms with van der Waals surface area (Å²) in [5.41, 5.74) is 1.74. The van der Waals surface area contributed by atoms with Crippen LogP contribution >= 0.6 is 0 Å². The normalized spacial score (nSPS) is 10.8. The number of fused-ring (bicyclic) bond motifs is 1. The first-order chi connectivity index (χ1) is 14.6. The van der Waals surface area contributed by atoms with Crippen LogP contribution in [0.25, 0.3) is 22.2 Å². The average Bonchev–Trinajstić information content (AvgIpc) is 3.19. The molecule has 0 aliphatic carbocycles. The van der Waals surface area contributed by atoms with Gasteiger partial charge in [0.25, 0.3) is 5.91 Å². The van der Waals surface area contributed by atoms with Crippen LogP contribution in [0, 0.1) is 5.82 Å². The van der Waals surface area contributed by atoms with E-state index >= 15 is 0 Å². The molecule has 30 heavy (non-hydrogen) atoms. The van der Waals surface area contributed by atoms with E-state index in [4.69, 9.17) is 9.47 Å². The molecule has 7 nitrogen and oxygen atoms in total. The highest BCUT2D eigenvalue weighted by atomic mass is 19.1. The van der Waals surface area contributed by atoms with Crippen LogP contribution in [0.4, 0.5) is 10.2 Å². The molecule has 0 bridgehead atoms. The number of hydrogen-bond acceptors (Lipinski definition) is 5. The Hall–Kier alpha value is -3.94. The maximum atomic E-state index is 14.1. The highest BCUT2D eigenvalue weighted by Crippen LogP contribution is 2.30. The Bertz CT molecular complexity index is 1200. The third kappa shape index (κ3) is 3.80. The topological polar surface area (TPSA) is 89.1 Å². The Morgan fingerprint density at radius 1 is 1.17 bits per heavy atom. The van der Waals surface area contributed by atoms with Crippen LogP contribution in [0.2, 0.25) is 0 Å². The van der Waals surface area contributed by atoms with Crippen LogP contribution in [-0.4, -0.2) is 34.6 Å². The minimum atomic E-state index is -0.471. The molecule has 0 spiro atoms. The molecular weight excluding hydrogens is 387 g/mol. The molecule has 0 saturated carbocycles. The zero-order valence-corrected chi connectivity index (χ0v) is 16.4. The Labute approximate surface area is 171 Å². The number of carbonyl (C=O) groups excluding carboxylic acids is 1. The van der Waals surface area contributed by atoms with Crippen molar-refractivity contribution in [1.82, 2.24) is 15.0 Å². The molecule has 2 N–H and O–H groups in total. The first-order valence-corrected chi connectivity index (χ1v) is 9.31. The number of methoxy groups -OCH3 is 1. The van der Waals surface area contributed by atoms with Gasteiger partial charge in [0.2, 0.25) is 0 Å². The quantitative estimate of drug-likeness (QED) is 0.495. The highest BCUT2D eigenvalue weighted by Gasteiger charge is 2.15. The van der Waals surface area contributed by atoms with Gasteiger partial charge in [-0.25, -0.2) is 9.37 Å². The Kier molecular flexibility index (Phi) is 5.30. The van der Waals surface area contributed by atoms with Gasteiger partial charge in [-0.3, -0.25) is 9.78 Å². The van der Waals surface area contributed by atoms with Gasteiger partial charge in [0.05, 0.1) is 37.3 Å². The van der Waals surface area contributed by atoms with Crippen molar-refractivity contribution in [2.75, 3.05) is 19.0 Å². The van der Waals surface area contributed by atoms with E-state index in [0.717, 1.165) is 11.3 Å². The summed E-state index contributed by atoms with van der Waals surface area (Å²) in [4.78, 5) is 24.0. The standard InChI is InChI=1S/C22H19FN4O3/c1-3-30-14-6-4-13(5-7-14)17-11-24-12-18(25-17)22(28)27-20-10-15-19(29-2)9-8-16(23)21(15)26-20/h4-12,26H,3H2,1-2H3,(H,27,28). The summed E-state index contributed by atoms with van der Waals surface area (Å²) in [6.45, 7) is 2.50. The molecular formula is C22H19FN4O3. The van der Waals surface area contributed by atoms with Crippen molar-refractivity contribution >= 4 is 22.6 Å². The van der Waals surface area contributed by atoms with E-state index in [1.54, 1.807) is 12.3 Å². The second-order valence-electron chi connectivity index (χ2n) is 6.42. The van der Waals surface area contributed by atoms with Crippen molar-refractivity contribution in [3.8, 4) is 22.8 Å². The van der Waals surface area contributed by atoms with E-state index in [9.17, 15) is 9.18 Å². The van der Waals surface area contributed by atoms with Crippen molar-refractivity contribution in [3.63, 3.8) is 0 Å². The van der Waals surface area contributed by atoms with Crippen LogP contribution < -0.4 is 14.8 Å². The number of nitrogens with one attached hydrogen (secondary N) is 2. The highest BCUT2D eigenvalue weighted by molar-refractivity contribution is 6.04. The number of aromatic amines is 1. The lowest BCUT2D eigenvalue weighted by Crippen LogP contribution is -2.14. The van der Waals surface area contributed by atoms with Gasteiger partial charge in [-0.1, -0.05) is 0 Å². The van der Waals surface area contributed by atoms with Gasteiger partial charge in [-0.2, -0.15) is 0 Å². The van der Waals surface area contributed by atoms with Crippen LogP contribution in [0.15, 0.2) is 54.9 Å². The van der Waals surface area contributed by atoms with Gasteiger partial charge in [0, 0.05) is 10.9 Å². The lowest BCUT2D eigenvalue weighted by Gasteiger charge is -2.06. The van der Waals surface area contributed by atoms with Crippen LogP contribution in [0.1, 0.15) is 17.4 Å². The molecule has 4 aromatic rings. The predicted molar refractivity (Wildman–Crippen MR) is 111 cm³/mol. The fourth-order valence-corrected chi connectivity index (χ4v) is 3.09. The summed E-state index contributed by atoms with van der Waals surface area (Å²) in [7, 11) is 1.50. The average molecular weight is 406 g/mol. The summed E-state index contributed by atoms with van der Waals surface area (Å²) < 4.78 is 24.7. The smallest absolute Gasteiger partial charge is 0.276 e. The number of H-pyrrole nitrogens is 1. The third-order valence-corrected chi connectivity index (χ3v) is 4.50.